The second-order valence-corrected chi connectivity index (χ2v) is 6.50. The zero-order valence-corrected chi connectivity index (χ0v) is 15.7. The van der Waals surface area contributed by atoms with Gasteiger partial charge < -0.3 is 16.0 Å². The van der Waals surface area contributed by atoms with Crippen LogP contribution in [0.5, 0.6) is 0 Å². The maximum absolute atomic E-state index is 12.5. The van der Waals surface area contributed by atoms with Crippen LogP contribution in [0, 0.1) is 6.92 Å². The van der Waals surface area contributed by atoms with Crippen molar-refractivity contribution >= 4 is 29.9 Å². The number of hydrogen-bond donors (Lipinski definition) is 3. The molecule has 0 aliphatic carbocycles. The van der Waals surface area contributed by atoms with Gasteiger partial charge in [-0.3, -0.25) is 9.59 Å². The maximum Gasteiger partial charge on any atom is 0.246 e. The van der Waals surface area contributed by atoms with E-state index in [1.54, 1.807) is 6.92 Å². The number of fused-ring (bicyclic) bond motifs is 1. The topological polar surface area (TPSA) is 70.2 Å². The van der Waals surface area contributed by atoms with Gasteiger partial charge in [-0.1, -0.05) is 36.4 Å². The van der Waals surface area contributed by atoms with Gasteiger partial charge in [-0.05, 0) is 49.1 Å². The summed E-state index contributed by atoms with van der Waals surface area (Å²) in [6.45, 7) is 4.32. The molecular weight excluding hydrogens is 350 g/mol. The minimum Gasteiger partial charge on any atom is -0.343 e. The van der Waals surface area contributed by atoms with Crippen molar-refractivity contribution in [3.8, 4) is 0 Å². The summed E-state index contributed by atoms with van der Waals surface area (Å²) in [6.07, 6.45) is 0.633. The van der Waals surface area contributed by atoms with Gasteiger partial charge >= 0.3 is 0 Å². The van der Waals surface area contributed by atoms with Crippen LogP contribution >= 0.6 is 12.4 Å². The SMILES string of the molecule is Cc1cccc(NC(=O)[C@H](C)NC(=O)[C@@H]2Cc3ccccc3CN2)c1.Cl. The van der Waals surface area contributed by atoms with Crippen molar-refractivity contribution in [2.75, 3.05) is 5.32 Å². The first-order valence-corrected chi connectivity index (χ1v) is 8.51. The molecule has 1 heterocycles. The lowest BCUT2D eigenvalue weighted by Gasteiger charge is -2.26. The monoisotopic (exact) mass is 373 g/mol. The molecule has 1 aliphatic heterocycles. The molecule has 0 unspecified atom stereocenters. The maximum atomic E-state index is 12.5. The number of aryl methyl sites for hydroxylation is 1. The van der Waals surface area contributed by atoms with Crippen LogP contribution < -0.4 is 16.0 Å². The molecule has 6 heteroatoms. The summed E-state index contributed by atoms with van der Waals surface area (Å²) >= 11 is 0. The van der Waals surface area contributed by atoms with Gasteiger partial charge in [-0.2, -0.15) is 0 Å². The van der Waals surface area contributed by atoms with Crippen molar-refractivity contribution in [1.82, 2.24) is 10.6 Å². The molecule has 0 bridgehead atoms. The van der Waals surface area contributed by atoms with E-state index < -0.39 is 6.04 Å². The Morgan fingerprint density at radius 2 is 1.85 bits per heavy atom. The van der Waals surface area contributed by atoms with E-state index in [4.69, 9.17) is 0 Å². The van der Waals surface area contributed by atoms with E-state index in [0.717, 1.165) is 11.3 Å². The van der Waals surface area contributed by atoms with Crippen molar-refractivity contribution in [3.05, 3.63) is 65.2 Å². The van der Waals surface area contributed by atoms with Crippen molar-refractivity contribution in [3.63, 3.8) is 0 Å². The molecule has 2 aromatic rings. The largest absolute Gasteiger partial charge is 0.343 e. The number of amides is 2. The molecule has 0 radical (unpaired) electrons. The van der Waals surface area contributed by atoms with Gasteiger partial charge in [-0.25, -0.2) is 0 Å². The van der Waals surface area contributed by atoms with Gasteiger partial charge in [0.2, 0.25) is 11.8 Å². The van der Waals surface area contributed by atoms with E-state index in [0.29, 0.717) is 13.0 Å². The number of hydrogen-bond acceptors (Lipinski definition) is 3. The Labute approximate surface area is 160 Å². The van der Waals surface area contributed by atoms with Crippen LogP contribution in [0.1, 0.15) is 23.6 Å². The highest BCUT2D eigenvalue weighted by molar-refractivity contribution is 5.97. The van der Waals surface area contributed by atoms with Gasteiger partial charge in [0.05, 0.1) is 6.04 Å². The molecule has 0 fully saturated rings. The molecule has 0 spiro atoms. The predicted octanol–water partition coefficient (Wildman–Crippen LogP) is 2.57. The Hall–Kier alpha value is -2.37. The molecule has 138 valence electrons. The molecule has 1 aliphatic rings. The molecule has 26 heavy (non-hydrogen) atoms. The molecule has 2 atom stereocenters. The summed E-state index contributed by atoms with van der Waals surface area (Å²) in [5.41, 5.74) is 4.20. The van der Waals surface area contributed by atoms with Gasteiger partial charge in [-0.15, -0.1) is 12.4 Å². The van der Waals surface area contributed by atoms with Crippen molar-refractivity contribution in [1.29, 1.82) is 0 Å². The Balaban J connectivity index is 0.00000243. The lowest BCUT2D eigenvalue weighted by Crippen LogP contribution is -2.52. The van der Waals surface area contributed by atoms with E-state index in [-0.39, 0.29) is 30.3 Å². The lowest BCUT2D eigenvalue weighted by molar-refractivity contribution is -0.127. The Bertz CT molecular complexity index is 794. The smallest absolute Gasteiger partial charge is 0.246 e. The van der Waals surface area contributed by atoms with Gasteiger partial charge in [0.1, 0.15) is 6.04 Å². The zero-order chi connectivity index (χ0) is 17.8. The van der Waals surface area contributed by atoms with Crippen LogP contribution in [-0.4, -0.2) is 23.9 Å². The Kier molecular flexibility index (Phi) is 6.77. The summed E-state index contributed by atoms with van der Waals surface area (Å²) in [4.78, 5) is 24.8. The molecule has 3 N–H and O–H groups in total. The number of carbonyl (C=O) groups is 2. The third kappa shape index (κ3) is 4.84. The quantitative estimate of drug-likeness (QED) is 0.771. The molecular formula is C20H24ClN3O2. The first-order chi connectivity index (χ1) is 12.0. The number of carbonyl (C=O) groups excluding carboxylic acids is 2. The minimum absolute atomic E-state index is 0. The second-order valence-electron chi connectivity index (χ2n) is 6.50. The molecule has 0 aromatic heterocycles. The van der Waals surface area contributed by atoms with Crippen molar-refractivity contribution in [2.24, 2.45) is 0 Å². The Morgan fingerprint density at radius 3 is 2.58 bits per heavy atom. The number of nitrogens with one attached hydrogen (secondary N) is 3. The van der Waals surface area contributed by atoms with Crippen LogP contribution in [0.3, 0.4) is 0 Å². The number of rotatable bonds is 4. The normalized spacial score (nSPS) is 16.6. The molecule has 2 aromatic carbocycles. The standard InChI is InChI=1S/C20H23N3O2.ClH/c1-13-6-5-9-17(10-13)23-19(24)14(2)22-20(25)18-11-15-7-3-4-8-16(15)12-21-18;/h3-10,14,18,21H,11-12H2,1-2H3,(H,22,25)(H,23,24);1H/t14-,18-;/m0./s1. The van der Waals surface area contributed by atoms with E-state index in [9.17, 15) is 9.59 Å². The van der Waals surface area contributed by atoms with Gasteiger partial charge in [0.15, 0.2) is 0 Å². The van der Waals surface area contributed by atoms with Crippen LogP contribution in [0.2, 0.25) is 0 Å². The fraction of sp³-hybridized carbons (Fsp3) is 0.300. The number of benzene rings is 2. The summed E-state index contributed by atoms with van der Waals surface area (Å²) in [7, 11) is 0. The summed E-state index contributed by atoms with van der Waals surface area (Å²) < 4.78 is 0. The minimum atomic E-state index is -0.605. The molecule has 0 saturated carbocycles. The second kappa shape index (κ2) is 8.83. The molecule has 5 nitrogen and oxygen atoms in total. The van der Waals surface area contributed by atoms with E-state index in [2.05, 4.69) is 22.0 Å². The highest BCUT2D eigenvalue weighted by Gasteiger charge is 2.26. The fourth-order valence-electron chi connectivity index (χ4n) is 2.99. The van der Waals surface area contributed by atoms with E-state index in [1.165, 1.54) is 11.1 Å². The van der Waals surface area contributed by atoms with Crippen LogP contribution in [0.25, 0.3) is 0 Å². The van der Waals surface area contributed by atoms with E-state index in [1.807, 2.05) is 49.4 Å². The predicted molar refractivity (Wildman–Crippen MR) is 105 cm³/mol. The van der Waals surface area contributed by atoms with Gasteiger partial charge in [0, 0.05) is 12.2 Å². The first-order valence-electron chi connectivity index (χ1n) is 8.51. The third-order valence-corrected chi connectivity index (χ3v) is 4.44. The fourth-order valence-corrected chi connectivity index (χ4v) is 2.99. The van der Waals surface area contributed by atoms with Crippen molar-refractivity contribution < 1.29 is 9.59 Å². The number of halogens is 1. The average molecular weight is 374 g/mol. The third-order valence-electron chi connectivity index (χ3n) is 4.44. The summed E-state index contributed by atoms with van der Waals surface area (Å²) in [6, 6.07) is 14.8. The lowest BCUT2D eigenvalue weighted by atomic mass is 9.95. The summed E-state index contributed by atoms with van der Waals surface area (Å²) in [5, 5.41) is 8.87. The van der Waals surface area contributed by atoms with Crippen LogP contribution in [0.15, 0.2) is 48.5 Å². The van der Waals surface area contributed by atoms with E-state index >= 15 is 0 Å². The molecule has 0 saturated heterocycles. The number of anilines is 1. The zero-order valence-electron chi connectivity index (χ0n) is 14.9. The van der Waals surface area contributed by atoms with Crippen molar-refractivity contribution in [2.45, 2.75) is 38.9 Å². The summed E-state index contributed by atoms with van der Waals surface area (Å²) in [5.74, 6) is -0.378. The highest BCUT2D eigenvalue weighted by atomic mass is 35.5. The molecule has 2 amide bonds. The highest BCUT2D eigenvalue weighted by Crippen LogP contribution is 2.16. The Morgan fingerprint density at radius 1 is 1.12 bits per heavy atom. The first kappa shape index (κ1) is 19.9. The van der Waals surface area contributed by atoms with Crippen LogP contribution in [0.4, 0.5) is 5.69 Å². The van der Waals surface area contributed by atoms with Gasteiger partial charge in [0.25, 0.3) is 0 Å². The van der Waals surface area contributed by atoms with Crippen LogP contribution in [-0.2, 0) is 22.6 Å². The molecule has 3 rings (SSSR count). The average Bonchev–Trinajstić information content (AvgIpc) is 2.61.